The van der Waals surface area contributed by atoms with Crippen molar-refractivity contribution in [1.82, 2.24) is 15.0 Å². The van der Waals surface area contributed by atoms with E-state index in [0.29, 0.717) is 18.3 Å². The van der Waals surface area contributed by atoms with E-state index in [4.69, 9.17) is 9.26 Å². The first-order chi connectivity index (χ1) is 9.26. The summed E-state index contributed by atoms with van der Waals surface area (Å²) in [6.07, 6.45) is 0.812. The maximum Gasteiger partial charge on any atom is 0.310 e. The van der Waals surface area contributed by atoms with Crippen LogP contribution >= 0.6 is 0 Å². The molecule has 6 heteroatoms. The van der Waals surface area contributed by atoms with E-state index in [0.717, 1.165) is 13.0 Å². The molecule has 0 aromatic carbocycles. The van der Waals surface area contributed by atoms with E-state index < -0.39 is 5.60 Å². The molecule has 0 aliphatic carbocycles. The molecule has 112 valence electrons. The number of carbonyl (C=O) groups excluding carboxylic acids is 1. The molecular weight excluding hydrogens is 258 g/mol. The summed E-state index contributed by atoms with van der Waals surface area (Å²) in [4.78, 5) is 18.5. The Morgan fingerprint density at radius 2 is 2.20 bits per heavy atom. The van der Waals surface area contributed by atoms with Gasteiger partial charge in [-0.2, -0.15) is 4.98 Å². The summed E-state index contributed by atoms with van der Waals surface area (Å²) in [6.45, 7) is 11.0. The van der Waals surface area contributed by atoms with E-state index in [2.05, 4.69) is 15.0 Å². The average Bonchev–Trinajstić information content (AvgIpc) is 2.94. The minimum Gasteiger partial charge on any atom is -0.460 e. The highest BCUT2D eigenvalue weighted by Gasteiger charge is 2.35. The monoisotopic (exact) mass is 281 g/mol. The van der Waals surface area contributed by atoms with Crippen molar-refractivity contribution >= 4 is 5.97 Å². The van der Waals surface area contributed by atoms with Crippen LogP contribution in [0.25, 0.3) is 0 Å². The molecule has 0 amide bonds. The Morgan fingerprint density at radius 1 is 1.50 bits per heavy atom. The van der Waals surface area contributed by atoms with Crippen molar-refractivity contribution in [2.24, 2.45) is 5.92 Å². The second kappa shape index (κ2) is 5.52. The molecule has 0 radical (unpaired) electrons. The highest BCUT2D eigenvalue weighted by atomic mass is 16.6. The average molecular weight is 281 g/mol. The number of ether oxygens (including phenoxy) is 1. The highest BCUT2D eigenvalue weighted by Crippen LogP contribution is 2.28. The van der Waals surface area contributed by atoms with Crippen molar-refractivity contribution in [2.45, 2.75) is 52.7 Å². The first kappa shape index (κ1) is 15.0. The van der Waals surface area contributed by atoms with Crippen LogP contribution in [0, 0.1) is 12.8 Å². The van der Waals surface area contributed by atoms with Crippen molar-refractivity contribution in [3.05, 3.63) is 11.7 Å². The molecule has 6 nitrogen and oxygen atoms in total. The fraction of sp³-hybridized carbons (Fsp3) is 0.786. The number of carbonyl (C=O) groups is 1. The van der Waals surface area contributed by atoms with Crippen LogP contribution in [0.15, 0.2) is 4.52 Å². The molecule has 1 fully saturated rings. The summed E-state index contributed by atoms with van der Waals surface area (Å²) in [6, 6.07) is 0.0311. The van der Waals surface area contributed by atoms with Gasteiger partial charge in [-0.15, -0.1) is 0 Å². The first-order valence-corrected chi connectivity index (χ1v) is 7.03. The Balaban J connectivity index is 1.93. The summed E-state index contributed by atoms with van der Waals surface area (Å²) in [7, 11) is 0. The molecule has 1 saturated heterocycles. The number of esters is 1. The van der Waals surface area contributed by atoms with Crippen molar-refractivity contribution in [1.29, 1.82) is 0 Å². The van der Waals surface area contributed by atoms with Gasteiger partial charge in [0.2, 0.25) is 5.89 Å². The van der Waals surface area contributed by atoms with E-state index >= 15 is 0 Å². The van der Waals surface area contributed by atoms with E-state index in [9.17, 15) is 4.79 Å². The maximum atomic E-state index is 12.1. The number of hydrogen-bond donors (Lipinski definition) is 0. The Bertz CT molecular complexity index is 478. The van der Waals surface area contributed by atoms with Crippen LogP contribution in [-0.2, 0) is 9.53 Å². The van der Waals surface area contributed by atoms with Crippen molar-refractivity contribution < 1.29 is 14.1 Å². The SMILES string of the molecule is Cc1noc([C@@H](C)N2CC[C@H](C(=O)OC(C)(C)C)C2)n1. The second-order valence-electron chi connectivity index (χ2n) is 6.37. The number of hydrogen-bond acceptors (Lipinski definition) is 6. The van der Waals surface area contributed by atoms with E-state index in [-0.39, 0.29) is 17.9 Å². The highest BCUT2D eigenvalue weighted by molar-refractivity contribution is 5.73. The normalized spacial score (nSPS) is 21.9. The lowest BCUT2D eigenvalue weighted by Gasteiger charge is -2.23. The number of nitrogens with zero attached hydrogens (tertiary/aromatic N) is 3. The molecule has 0 N–H and O–H groups in total. The molecule has 0 saturated carbocycles. The second-order valence-corrected chi connectivity index (χ2v) is 6.37. The number of aryl methyl sites for hydroxylation is 1. The Labute approximate surface area is 119 Å². The Kier molecular flexibility index (Phi) is 4.13. The summed E-state index contributed by atoms with van der Waals surface area (Å²) in [5.74, 6) is 1.05. The molecule has 1 aliphatic heterocycles. The van der Waals surface area contributed by atoms with Crippen LogP contribution in [0.1, 0.15) is 51.9 Å². The molecule has 2 atom stereocenters. The van der Waals surface area contributed by atoms with Gasteiger partial charge in [-0.05, 0) is 47.6 Å². The van der Waals surface area contributed by atoms with Crippen LogP contribution in [0.4, 0.5) is 0 Å². The van der Waals surface area contributed by atoms with Crippen molar-refractivity contribution in [3.8, 4) is 0 Å². The fourth-order valence-corrected chi connectivity index (χ4v) is 2.36. The summed E-state index contributed by atoms with van der Waals surface area (Å²) >= 11 is 0. The minimum atomic E-state index is -0.431. The first-order valence-electron chi connectivity index (χ1n) is 7.03. The van der Waals surface area contributed by atoms with Gasteiger partial charge >= 0.3 is 5.97 Å². The topological polar surface area (TPSA) is 68.5 Å². The molecule has 0 unspecified atom stereocenters. The van der Waals surface area contributed by atoms with E-state index in [1.165, 1.54) is 0 Å². The lowest BCUT2D eigenvalue weighted by Crippen LogP contribution is -2.31. The number of likely N-dealkylation sites (tertiary alicyclic amines) is 1. The quantitative estimate of drug-likeness (QED) is 0.790. The Hall–Kier alpha value is -1.43. The molecule has 1 aromatic rings. The molecular formula is C14H23N3O3. The predicted molar refractivity (Wildman–Crippen MR) is 73.0 cm³/mol. The Morgan fingerprint density at radius 3 is 2.75 bits per heavy atom. The van der Waals surface area contributed by atoms with E-state index in [1.807, 2.05) is 27.7 Å². The molecule has 1 aliphatic rings. The van der Waals surface area contributed by atoms with Crippen LogP contribution in [0.2, 0.25) is 0 Å². The van der Waals surface area contributed by atoms with Gasteiger partial charge < -0.3 is 9.26 Å². The maximum absolute atomic E-state index is 12.1. The van der Waals surface area contributed by atoms with Gasteiger partial charge in [-0.3, -0.25) is 9.69 Å². The van der Waals surface area contributed by atoms with Crippen LogP contribution < -0.4 is 0 Å². The smallest absolute Gasteiger partial charge is 0.310 e. The van der Waals surface area contributed by atoms with E-state index in [1.54, 1.807) is 6.92 Å². The zero-order chi connectivity index (χ0) is 14.9. The van der Waals surface area contributed by atoms with Gasteiger partial charge in [0.25, 0.3) is 0 Å². The standard InChI is InChI=1S/C14H23N3O3/c1-9(12-15-10(2)16-20-12)17-7-6-11(8-17)13(18)19-14(3,4)5/h9,11H,6-8H2,1-5H3/t9-,11+/m1/s1. The molecule has 1 aromatic heterocycles. The van der Waals surface area contributed by atoms with Crippen LogP contribution in [-0.4, -0.2) is 39.7 Å². The minimum absolute atomic E-state index is 0.0311. The largest absolute Gasteiger partial charge is 0.460 e. The molecule has 0 spiro atoms. The third kappa shape index (κ3) is 3.56. The van der Waals surface area contributed by atoms with Gasteiger partial charge in [0.05, 0.1) is 12.0 Å². The number of aromatic nitrogens is 2. The summed E-state index contributed by atoms with van der Waals surface area (Å²) in [5.41, 5.74) is -0.431. The third-order valence-electron chi connectivity index (χ3n) is 3.41. The third-order valence-corrected chi connectivity index (χ3v) is 3.41. The van der Waals surface area contributed by atoms with Gasteiger partial charge in [-0.25, -0.2) is 0 Å². The fourth-order valence-electron chi connectivity index (χ4n) is 2.36. The predicted octanol–water partition coefficient (Wildman–Crippen LogP) is 2.10. The lowest BCUT2D eigenvalue weighted by atomic mass is 10.1. The molecule has 20 heavy (non-hydrogen) atoms. The van der Waals surface area contributed by atoms with Gasteiger partial charge in [-0.1, -0.05) is 5.16 Å². The van der Waals surface area contributed by atoms with Gasteiger partial charge in [0.1, 0.15) is 5.60 Å². The summed E-state index contributed by atoms with van der Waals surface area (Å²) < 4.78 is 10.6. The van der Waals surface area contributed by atoms with Crippen molar-refractivity contribution in [3.63, 3.8) is 0 Å². The lowest BCUT2D eigenvalue weighted by molar-refractivity contribution is -0.159. The van der Waals surface area contributed by atoms with Crippen molar-refractivity contribution in [2.75, 3.05) is 13.1 Å². The number of rotatable bonds is 3. The zero-order valence-electron chi connectivity index (χ0n) is 12.8. The molecule has 0 bridgehead atoms. The van der Waals surface area contributed by atoms with Crippen LogP contribution in [0.5, 0.6) is 0 Å². The molecule has 2 heterocycles. The molecule has 2 rings (SSSR count). The van der Waals surface area contributed by atoms with Crippen LogP contribution in [0.3, 0.4) is 0 Å². The zero-order valence-corrected chi connectivity index (χ0v) is 12.8. The van der Waals surface area contributed by atoms with Gasteiger partial charge in [0, 0.05) is 6.54 Å². The van der Waals surface area contributed by atoms with Gasteiger partial charge in [0.15, 0.2) is 5.82 Å². The summed E-state index contributed by atoms with van der Waals surface area (Å²) in [5, 5.41) is 3.81.